The van der Waals surface area contributed by atoms with Gasteiger partial charge in [-0.2, -0.15) is 5.10 Å². The number of furan rings is 1. The van der Waals surface area contributed by atoms with Crippen molar-refractivity contribution in [3.05, 3.63) is 53.5 Å². The predicted molar refractivity (Wildman–Crippen MR) is 137 cm³/mol. The minimum absolute atomic E-state index is 0. The maximum Gasteiger partial charge on any atom is 0.216 e. The van der Waals surface area contributed by atoms with Crippen LogP contribution in [0, 0.1) is 6.92 Å². The van der Waals surface area contributed by atoms with Crippen molar-refractivity contribution in [1.29, 1.82) is 0 Å². The third-order valence-corrected chi connectivity index (χ3v) is 5.08. The van der Waals surface area contributed by atoms with E-state index in [4.69, 9.17) is 18.9 Å². The van der Waals surface area contributed by atoms with E-state index in [1.807, 2.05) is 19.1 Å². The van der Waals surface area contributed by atoms with Crippen LogP contribution < -0.4 is 15.4 Å². The molecule has 1 fully saturated rings. The second-order valence-corrected chi connectivity index (χ2v) is 7.67. The molecule has 0 bridgehead atoms. The Morgan fingerprint density at radius 2 is 2.21 bits per heavy atom. The van der Waals surface area contributed by atoms with E-state index in [0.29, 0.717) is 37.7 Å². The molecule has 1 aromatic carbocycles. The molecule has 0 aliphatic carbocycles. The third kappa shape index (κ3) is 7.19. The lowest BCUT2D eigenvalue weighted by Gasteiger charge is -2.16. The molecular formula is C23H31IN6O3. The van der Waals surface area contributed by atoms with E-state index >= 15 is 0 Å². The van der Waals surface area contributed by atoms with E-state index < -0.39 is 0 Å². The van der Waals surface area contributed by atoms with Gasteiger partial charge in [-0.05, 0) is 37.6 Å². The second-order valence-electron chi connectivity index (χ2n) is 7.67. The number of halogens is 1. The van der Waals surface area contributed by atoms with Crippen molar-refractivity contribution in [2.24, 2.45) is 4.99 Å². The van der Waals surface area contributed by atoms with Crippen LogP contribution in [-0.4, -0.2) is 53.5 Å². The maximum atomic E-state index is 6.19. The van der Waals surface area contributed by atoms with Gasteiger partial charge in [0, 0.05) is 31.5 Å². The van der Waals surface area contributed by atoms with Crippen LogP contribution in [-0.2, 0) is 17.7 Å². The number of aromatic amines is 1. The van der Waals surface area contributed by atoms with Crippen LogP contribution in [0.2, 0.25) is 0 Å². The fraction of sp³-hybridized carbons (Fsp3) is 0.435. The molecule has 33 heavy (non-hydrogen) atoms. The number of ether oxygens (including phenoxy) is 2. The Bertz CT molecular complexity index is 1020. The van der Waals surface area contributed by atoms with Crippen molar-refractivity contribution in [3.8, 4) is 17.3 Å². The largest absolute Gasteiger partial charge is 0.488 e. The van der Waals surface area contributed by atoms with E-state index in [9.17, 15) is 0 Å². The molecule has 9 nitrogen and oxygen atoms in total. The van der Waals surface area contributed by atoms with Gasteiger partial charge in [-0.15, -0.1) is 24.0 Å². The van der Waals surface area contributed by atoms with Gasteiger partial charge in [0.1, 0.15) is 17.7 Å². The highest BCUT2D eigenvalue weighted by Gasteiger charge is 2.18. The van der Waals surface area contributed by atoms with Crippen LogP contribution >= 0.6 is 24.0 Å². The fourth-order valence-corrected chi connectivity index (χ4v) is 3.42. The molecule has 1 saturated heterocycles. The summed E-state index contributed by atoms with van der Waals surface area (Å²) in [5.41, 5.74) is 2.22. The zero-order valence-electron chi connectivity index (χ0n) is 19.0. The van der Waals surface area contributed by atoms with E-state index in [0.717, 1.165) is 48.2 Å². The van der Waals surface area contributed by atoms with E-state index in [1.54, 1.807) is 6.26 Å². The van der Waals surface area contributed by atoms with Crippen LogP contribution in [0.15, 0.2) is 46.0 Å². The zero-order valence-corrected chi connectivity index (χ0v) is 21.3. The summed E-state index contributed by atoms with van der Waals surface area (Å²) in [6.07, 6.45) is 3.32. The lowest BCUT2D eigenvalue weighted by atomic mass is 10.1. The van der Waals surface area contributed by atoms with Crippen LogP contribution in [0.4, 0.5) is 0 Å². The number of guanidine groups is 1. The zero-order chi connectivity index (χ0) is 22.2. The van der Waals surface area contributed by atoms with Crippen LogP contribution in [0.5, 0.6) is 5.75 Å². The number of benzene rings is 1. The molecule has 1 aliphatic rings. The number of nitrogens with zero attached hydrogens (tertiary/aromatic N) is 3. The van der Waals surface area contributed by atoms with Crippen LogP contribution in [0.1, 0.15) is 30.3 Å². The molecule has 3 heterocycles. The Morgan fingerprint density at radius 1 is 1.30 bits per heavy atom. The number of aliphatic imine (C=N–C) groups is 1. The maximum absolute atomic E-state index is 6.19. The molecule has 3 aromatic rings. The summed E-state index contributed by atoms with van der Waals surface area (Å²) in [6, 6.07) is 9.90. The second kappa shape index (κ2) is 12.6. The first-order valence-corrected chi connectivity index (χ1v) is 11.0. The van der Waals surface area contributed by atoms with Gasteiger partial charge >= 0.3 is 0 Å². The number of nitrogens with one attached hydrogen (secondary N) is 3. The molecule has 1 aliphatic heterocycles. The van der Waals surface area contributed by atoms with Crippen molar-refractivity contribution in [1.82, 2.24) is 25.8 Å². The van der Waals surface area contributed by atoms with E-state index in [1.165, 1.54) is 0 Å². The van der Waals surface area contributed by atoms with Crippen molar-refractivity contribution < 1.29 is 13.9 Å². The van der Waals surface area contributed by atoms with Gasteiger partial charge in [0.15, 0.2) is 11.7 Å². The van der Waals surface area contributed by atoms with Gasteiger partial charge in [-0.3, -0.25) is 5.10 Å². The van der Waals surface area contributed by atoms with E-state index in [-0.39, 0.29) is 30.1 Å². The Labute approximate surface area is 210 Å². The summed E-state index contributed by atoms with van der Waals surface area (Å²) in [5.74, 6) is 3.62. The molecule has 0 spiro atoms. The average Bonchev–Trinajstić information content (AvgIpc) is 3.55. The summed E-state index contributed by atoms with van der Waals surface area (Å²) >= 11 is 0. The molecule has 3 N–H and O–H groups in total. The molecule has 0 amide bonds. The van der Waals surface area contributed by atoms with Gasteiger partial charge in [-0.25, -0.2) is 9.98 Å². The molecule has 1 atom stereocenters. The number of hydrogen-bond donors (Lipinski definition) is 3. The highest BCUT2D eigenvalue weighted by Crippen LogP contribution is 2.24. The molecule has 2 aromatic heterocycles. The Kier molecular flexibility index (Phi) is 9.55. The highest BCUT2D eigenvalue weighted by molar-refractivity contribution is 14.0. The van der Waals surface area contributed by atoms with E-state index in [2.05, 4.69) is 50.9 Å². The minimum Gasteiger partial charge on any atom is -0.488 e. The number of hydrogen-bond acceptors (Lipinski definition) is 6. The van der Waals surface area contributed by atoms with Gasteiger partial charge in [0.25, 0.3) is 0 Å². The summed E-state index contributed by atoms with van der Waals surface area (Å²) < 4.78 is 17.0. The number of rotatable bonds is 9. The monoisotopic (exact) mass is 566 g/mol. The quantitative estimate of drug-likeness (QED) is 0.207. The third-order valence-electron chi connectivity index (χ3n) is 5.08. The first kappa shape index (κ1) is 25.0. The van der Waals surface area contributed by atoms with Crippen LogP contribution in [0.3, 0.4) is 0 Å². The normalized spacial score (nSPS) is 15.8. The fourth-order valence-electron chi connectivity index (χ4n) is 3.42. The average molecular weight is 566 g/mol. The van der Waals surface area contributed by atoms with Crippen molar-refractivity contribution in [3.63, 3.8) is 0 Å². The Balaban J connectivity index is 0.00000306. The minimum atomic E-state index is 0. The van der Waals surface area contributed by atoms with Gasteiger partial charge in [0.05, 0.1) is 26.0 Å². The highest BCUT2D eigenvalue weighted by atomic mass is 127. The van der Waals surface area contributed by atoms with Gasteiger partial charge in [-0.1, -0.05) is 12.1 Å². The molecule has 4 rings (SSSR count). The predicted octanol–water partition coefficient (Wildman–Crippen LogP) is 3.46. The molecule has 1 unspecified atom stereocenters. The SMILES string of the molecule is CCNC(=NCc1ccc(C)cc1OC1CCOC1)NCCc1nc(-c2ccco2)n[nH]1.I. The molecular weight excluding hydrogens is 535 g/mol. The number of H-pyrrole nitrogens is 1. The summed E-state index contributed by atoms with van der Waals surface area (Å²) in [4.78, 5) is 9.22. The first-order chi connectivity index (χ1) is 15.7. The topological polar surface area (TPSA) is 110 Å². The van der Waals surface area contributed by atoms with Crippen molar-refractivity contribution in [2.45, 2.75) is 39.3 Å². The lowest BCUT2D eigenvalue weighted by Crippen LogP contribution is -2.38. The van der Waals surface area contributed by atoms with Crippen molar-refractivity contribution >= 4 is 29.9 Å². The molecule has 0 saturated carbocycles. The lowest BCUT2D eigenvalue weighted by molar-refractivity contribution is 0.140. The Hall–Kier alpha value is -2.60. The van der Waals surface area contributed by atoms with Gasteiger partial charge in [0.2, 0.25) is 5.82 Å². The smallest absolute Gasteiger partial charge is 0.216 e. The number of aromatic nitrogens is 3. The van der Waals surface area contributed by atoms with Gasteiger partial charge < -0.3 is 24.5 Å². The molecule has 178 valence electrons. The summed E-state index contributed by atoms with van der Waals surface area (Å²) in [7, 11) is 0. The number of aryl methyl sites for hydroxylation is 1. The first-order valence-electron chi connectivity index (χ1n) is 11.0. The standard InChI is InChI=1S/C23H30N6O3.HI/c1-3-24-23(25-10-8-21-27-22(29-28-21)19-5-4-11-31-19)26-14-17-7-6-16(2)13-20(17)32-18-9-12-30-15-18;/h4-7,11,13,18H,3,8-10,12,14-15H2,1-2H3,(H2,24,25,26)(H,27,28,29);1H. The molecule has 10 heteroatoms. The molecule has 0 radical (unpaired) electrons. The Morgan fingerprint density at radius 3 is 2.97 bits per heavy atom. The summed E-state index contributed by atoms with van der Waals surface area (Å²) in [6.45, 7) is 7.46. The summed E-state index contributed by atoms with van der Waals surface area (Å²) in [5, 5.41) is 13.8. The van der Waals surface area contributed by atoms with Crippen molar-refractivity contribution in [2.75, 3.05) is 26.3 Å². The van der Waals surface area contributed by atoms with Crippen LogP contribution in [0.25, 0.3) is 11.6 Å².